The Bertz CT molecular complexity index is 374. The Balaban J connectivity index is 2.37. The molecule has 3 nitrogen and oxygen atoms in total. The number of likely N-dealkylation sites (N-methyl/N-ethyl adjacent to an activating group) is 1. The van der Waals surface area contributed by atoms with Crippen molar-refractivity contribution in [1.82, 2.24) is 5.32 Å². The Hall–Kier alpha value is -1.22. The van der Waals surface area contributed by atoms with Crippen molar-refractivity contribution < 1.29 is 9.47 Å². The smallest absolute Gasteiger partial charge is 0.231 e. The van der Waals surface area contributed by atoms with Crippen LogP contribution >= 0.6 is 0 Å². The standard InChI is InChI=1S/C13H19NO2/c1-9(2)12-10(6-7-14-3)4-5-11-13(12)16-8-15-11/h4-5,9,14H,6-8H2,1-3H3. The van der Waals surface area contributed by atoms with Crippen LogP contribution in [0.3, 0.4) is 0 Å². The zero-order chi connectivity index (χ0) is 11.5. The molecule has 0 saturated carbocycles. The van der Waals surface area contributed by atoms with Crippen LogP contribution in [-0.4, -0.2) is 20.4 Å². The molecule has 1 aromatic carbocycles. The number of nitrogens with one attached hydrogen (secondary N) is 1. The minimum Gasteiger partial charge on any atom is -0.454 e. The normalized spacial score (nSPS) is 13.5. The average Bonchev–Trinajstić information content (AvgIpc) is 2.72. The molecule has 0 saturated heterocycles. The van der Waals surface area contributed by atoms with Gasteiger partial charge in [0, 0.05) is 5.56 Å². The lowest BCUT2D eigenvalue weighted by atomic mass is 9.94. The number of fused-ring (bicyclic) bond motifs is 1. The molecule has 0 aromatic heterocycles. The van der Waals surface area contributed by atoms with Crippen LogP contribution in [0.4, 0.5) is 0 Å². The van der Waals surface area contributed by atoms with E-state index in [2.05, 4.69) is 25.2 Å². The first-order chi connectivity index (χ1) is 7.74. The second kappa shape index (κ2) is 4.74. The lowest BCUT2D eigenvalue weighted by Crippen LogP contribution is -2.12. The van der Waals surface area contributed by atoms with Crippen molar-refractivity contribution in [3.05, 3.63) is 23.3 Å². The molecule has 1 aliphatic heterocycles. The van der Waals surface area contributed by atoms with Gasteiger partial charge in [-0.1, -0.05) is 19.9 Å². The third-order valence-electron chi connectivity index (χ3n) is 2.89. The van der Waals surface area contributed by atoms with Gasteiger partial charge in [-0.15, -0.1) is 0 Å². The topological polar surface area (TPSA) is 30.5 Å². The minimum atomic E-state index is 0.352. The summed E-state index contributed by atoms with van der Waals surface area (Å²) in [5.74, 6) is 2.30. The summed E-state index contributed by atoms with van der Waals surface area (Å²) in [4.78, 5) is 0. The molecule has 16 heavy (non-hydrogen) atoms. The first-order valence-corrected chi connectivity index (χ1v) is 5.80. The molecule has 1 N–H and O–H groups in total. The molecular weight excluding hydrogens is 202 g/mol. The maximum absolute atomic E-state index is 5.57. The lowest BCUT2D eigenvalue weighted by Gasteiger charge is -2.15. The fraction of sp³-hybridized carbons (Fsp3) is 0.538. The molecule has 0 fully saturated rings. The predicted molar refractivity (Wildman–Crippen MR) is 64.3 cm³/mol. The summed E-state index contributed by atoms with van der Waals surface area (Å²) in [5, 5.41) is 3.18. The Morgan fingerprint density at radius 3 is 2.81 bits per heavy atom. The summed E-state index contributed by atoms with van der Waals surface area (Å²) < 4.78 is 11.0. The highest BCUT2D eigenvalue weighted by atomic mass is 16.7. The molecule has 0 atom stereocenters. The highest BCUT2D eigenvalue weighted by Crippen LogP contribution is 2.41. The van der Waals surface area contributed by atoms with E-state index in [0.717, 1.165) is 24.5 Å². The van der Waals surface area contributed by atoms with Gasteiger partial charge in [0.25, 0.3) is 0 Å². The van der Waals surface area contributed by atoms with Crippen LogP contribution in [0.15, 0.2) is 12.1 Å². The zero-order valence-electron chi connectivity index (χ0n) is 10.2. The summed E-state index contributed by atoms with van der Waals surface area (Å²) in [6.07, 6.45) is 1.03. The van der Waals surface area contributed by atoms with Gasteiger partial charge in [-0.2, -0.15) is 0 Å². The molecule has 1 heterocycles. The third-order valence-corrected chi connectivity index (χ3v) is 2.89. The van der Waals surface area contributed by atoms with Gasteiger partial charge in [-0.3, -0.25) is 0 Å². The van der Waals surface area contributed by atoms with Crippen LogP contribution < -0.4 is 14.8 Å². The Morgan fingerprint density at radius 1 is 1.31 bits per heavy atom. The van der Waals surface area contributed by atoms with E-state index in [9.17, 15) is 0 Å². The van der Waals surface area contributed by atoms with Crippen molar-refractivity contribution >= 4 is 0 Å². The number of ether oxygens (including phenoxy) is 2. The van der Waals surface area contributed by atoms with E-state index < -0.39 is 0 Å². The van der Waals surface area contributed by atoms with Crippen molar-refractivity contribution in [1.29, 1.82) is 0 Å². The van der Waals surface area contributed by atoms with Gasteiger partial charge in [0.15, 0.2) is 11.5 Å². The fourth-order valence-corrected chi connectivity index (χ4v) is 2.15. The number of benzene rings is 1. The highest BCUT2D eigenvalue weighted by molar-refractivity contribution is 5.53. The van der Waals surface area contributed by atoms with Crippen molar-refractivity contribution in [3.8, 4) is 11.5 Å². The van der Waals surface area contributed by atoms with Crippen LogP contribution in [0.5, 0.6) is 11.5 Å². The molecule has 0 radical (unpaired) electrons. The van der Waals surface area contributed by atoms with Gasteiger partial charge in [0.05, 0.1) is 0 Å². The first kappa shape index (κ1) is 11.3. The highest BCUT2D eigenvalue weighted by Gasteiger charge is 2.22. The molecule has 0 bridgehead atoms. The first-order valence-electron chi connectivity index (χ1n) is 5.80. The fourth-order valence-electron chi connectivity index (χ4n) is 2.15. The van der Waals surface area contributed by atoms with E-state index in [1.54, 1.807) is 0 Å². The monoisotopic (exact) mass is 221 g/mol. The Labute approximate surface area is 96.8 Å². The van der Waals surface area contributed by atoms with E-state index >= 15 is 0 Å². The summed E-state index contributed by atoms with van der Waals surface area (Å²) in [6, 6.07) is 4.17. The molecular formula is C13H19NO2. The number of hydrogen-bond donors (Lipinski definition) is 1. The number of hydrogen-bond acceptors (Lipinski definition) is 3. The summed E-state index contributed by atoms with van der Waals surface area (Å²) in [7, 11) is 1.97. The second-order valence-corrected chi connectivity index (χ2v) is 4.38. The van der Waals surface area contributed by atoms with E-state index in [4.69, 9.17) is 9.47 Å². The van der Waals surface area contributed by atoms with Gasteiger partial charge >= 0.3 is 0 Å². The third kappa shape index (κ3) is 2.00. The molecule has 2 rings (SSSR count). The molecule has 0 aliphatic carbocycles. The molecule has 1 aromatic rings. The van der Waals surface area contributed by atoms with Crippen molar-refractivity contribution in [2.24, 2.45) is 0 Å². The molecule has 1 aliphatic rings. The van der Waals surface area contributed by atoms with Crippen LogP contribution in [0.25, 0.3) is 0 Å². The SMILES string of the molecule is CNCCc1ccc2c(c1C(C)C)OCO2. The van der Waals surface area contributed by atoms with Crippen LogP contribution in [0, 0.1) is 0 Å². The zero-order valence-corrected chi connectivity index (χ0v) is 10.2. The molecule has 3 heteroatoms. The second-order valence-electron chi connectivity index (χ2n) is 4.38. The van der Waals surface area contributed by atoms with Gasteiger partial charge in [0.2, 0.25) is 6.79 Å². The summed E-state index contributed by atoms with van der Waals surface area (Å²) >= 11 is 0. The van der Waals surface area contributed by atoms with Gasteiger partial charge < -0.3 is 14.8 Å². The maximum atomic E-state index is 5.57. The van der Waals surface area contributed by atoms with E-state index in [-0.39, 0.29) is 0 Å². The molecule has 0 spiro atoms. The van der Waals surface area contributed by atoms with Crippen molar-refractivity contribution in [2.45, 2.75) is 26.2 Å². The van der Waals surface area contributed by atoms with Crippen LogP contribution in [0.2, 0.25) is 0 Å². The summed E-state index contributed by atoms with van der Waals surface area (Å²) in [5.41, 5.74) is 2.65. The largest absolute Gasteiger partial charge is 0.454 e. The average molecular weight is 221 g/mol. The quantitative estimate of drug-likeness (QED) is 0.846. The minimum absolute atomic E-state index is 0.352. The predicted octanol–water partition coefficient (Wildman–Crippen LogP) is 2.30. The number of rotatable bonds is 4. The molecule has 0 unspecified atom stereocenters. The van der Waals surface area contributed by atoms with E-state index in [1.807, 2.05) is 13.1 Å². The molecule has 88 valence electrons. The van der Waals surface area contributed by atoms with Gasteiger partial charge in [-0.05, 0) is 37.6 Å². The lowest BCUT2D eigenvalue weighted by molar-refractivity contribution is 0.173. The van der Waals surface area contributed by atoms with Crippen molar-refractivity contribution in [3.63, 3.8) is 0 Å². The Morgan fingerprint density at radius 2 is 2.12 bits per heavy atom. The van der Waals surface area contributed by atoms with E-state index in [0.29, 0.717) is 12.7 Å². The summed E-state index contributed by atoms with van der Waals surface area (Å²) in [6.45, 7) is 5.73. The van der Waals surface area contributed by atoms with Crippen LogP contribution in [0.1, 0.15) is 30.9 Å². The van der Waals surface area contributed by atoms with E-state index in [1.165, 1.54) is 11.1 Å². The molecule has 0 amide bonds. The van der Waals surface area contributed by atoms with Crippen molar-refractivity contribution in [2.75, 3.05) is 20.4 Å². The van der Waals surface area contributed by atoms with Gasteiger partial charge in [-0.25, -0.2) is 0 Å². The Kier molecular flexibility index (Phi) is 3.34. The maximum Gasteiger partial charge on any atom is 0.231 e. The van der Waals surface area contributed by atoms with Gasteiger partial charge in [0.1, 0.15) is 0 Å². The van der Waals surface area contributed by atoms with Crippen LogP contribution in [-0.2, 0) is 6.42 Å².